The van der Waals surface area contributed by atoms with E-state index >= 15 is 0 Å². The van der Waals surface area contributed by atoms with E-state index in [1.165, 1.54) is 22.3 Å². The number of hydrogen-bond acceptors (Lipinski definition) is 6. The lowest BCUT2D eigenvalue weighted by Crippen LogP contribution is -2.41. The van der Waals surface area contributed by atoms with Gasteiger partial charge < -0.3 is 9.31 Å². The second-order valence-corrected chi connectivity index (χ2v) is 18.7. The summed E-state index contributed by atoms with van der Waals surface area (Å²) in [7, 11) is -0.403. The Labute approximate surface area is 415 Å². The summed E-state index contributed by atoms with van der Waals surface area (Å²) in [5.41, 5.74) is 14.6. The molecule has 2 aromatic heterocycles. The van der Waals surface area contributed by atoms with Crippen LogP contribution in [0.2, 0.25) is 5.02 Å². The fraction of sp³-hybridized carbons (Fsp3) is 0.0968. The third kappa shape index (κ3) is 10.3. The van der Waals surface area contributed by atoms with Crippen LogP contribution in [0.4, 0.5) is 0 Å². The summed E-state index contributed by atoms with van der Waals surface area (Å²) < 4.78 is 12.5. The minimum absolute atomic E-state index is 0.381. The van der Waals surface area contributed by atoms with E-state index in [0.717, 1.165) is 61.6 Å². The Morgan fingerprint density at radius 2 is 0.571 bits per heavy atom. The number of halogens is 1. The Morgan fingerprint density at radius 3 is 0.914 bits per heavy atom. The highest BCUT2D eigenvalue weighted by atomic mass is 35.5. The van der Waals surface area contributed by atoms with Crippen molar-refractivity contribution in [3.8, 4) is 90.1 Å². The second-order valence-electron chi connectivity index (χ2n) is 18.3. The minimum atomic E-state index is -0.403. The molecule has 6 nitrogen and oxygen atoms in total. The van der Waals surface area contributed by atoms with Gasteiger partial charge in [0.05, 0.1) is 34.0 Å². The van der Waals surface area contributed by atoms with Crippen LogP contribution >= 0.6 is 11.6 Å². The summed E-state index contributed by atoms with van der Waals surface area (Å²) >= 11 is 6.08. The Morgan fingerprint density at radius 1 is 0.314 bits per heavy atom. The van der Waals surface area contributed by atoms with Crippen molar-refractivity contribution in [1.29, 1.82) is 0 Å². The topological polar surface area (TPSA) is 70.0 Å². The number of benzene rings is 8. The molecule has 1 fully saturated rings. The lowest BCUT2D eigenvalue weighted by molar-refractivity contribution is 0.00578. The molecule has 0 atom stereocenters. The molecule has 0 amide bonds. The molecule has 1 aliphatic heterocycles. The Bertz CT molecular complexity index is 3320. The van der Waals surface area contributed by atoms with Crippen LogP contribution in [0.5, 0.6) is 0 Å². The van der Waals surface area contributed by atoms with E-state index in [1.54, 1.807) is 0 Å². The quantitative estimate of drug-likeness (QED) is 0.134. The van der Waals surface area contributed by atoms with Gasteiger partial charge in [-0.15, -0.1) is 0 Å². The van der Waals surface area contributed by atoms with Gasteiger partial charge >= 0.3 is 7.12 Å². The van der Waals surface area contributed by atoms with Crippen molar-refractivity contribution in [2.75, 3.05) is 0 Å². The SMILES string of the molecule is CC1(C)OB(c2ccc(-c3nc(-c4ccccc4)cc(-c4ccc(-c5ccccc5)cc4)n3)cc2)OC1(C)C.Clc1ccc(-c2nc(-c3ccccc3)cc(-c3ccc(-c4ccccc4)cc3)n2)cc1. The summed E-state index contributed by atoms with van der Waals surface area (Å²) in [5, 5.41) is 0.694. The van der Waals surface area contributed by atoms with Gasteiger partial charge in [-0.25, -0.2) is 19.9 Å². The van der Waals surface area contributed by atoms with E-state index in [-0.39, 0.29) is 11.2 Å². The molecule has 0 saturated carbocycles. The molecular weight excluding hydrogens is 879 g/mol. The Balaban J connectivity index is 0.000000166. The summed E-state index contributed by atoms with van der Waals surface area (Å²) in [6, 6.07) is 78.2. The highest BCUT2D eigenvalue weighted by Crippen LogP contribution is 2.37. The van der Waals surface area contributed by atoms with Gasteiger partial charge in [0, 0.05) is 38.4 Å². The van der Waals surface area contributed by atoms with Crippen LogP contribution in [0, 0.1) is 0 Å². The molecule has 340 valence electrons. The van der Waals surface area contributed by atoms with Crippen LogP contribution in [0.25, 0.3) is 90.1 Å². The Hall–Kier alpha value is -7.81. The third-order valence-corrected chi connectivity index (χ3v) is 13.2. The molecule has 0 N–H and O–H groups in total. The molecule has 70 heavy (non-hydrogen) atoms. The third-order valence-electron chi connectivity index (χ3n) is 13.0. The first-order chi connectivity index (χ1) is 34.0. The van der Waals surface area contributed by atoms with Gasteiger partial charge in [-0.05, 0) is 91.8 Å². The minimum Gasteiger partial charge on any atom is -0.399 e. The number of rotatable bonds is 9. The molecule has 0 aliphatic carbocycles. The summed E-state index contributed by atoms with van der Waals surface area (Å²) in [6.45, 7) is 8.27. The molecule has 0 unspecified atom stereocenters. The zero-order valence-corrected chi connectivity index (χ0v) is 40.3. The smallest absolute Gasteiger partial charge is 0.399 e. The van der Waals surface area contributed by atoms with Crippen LogP contribution in [0.15, 0.2) is 231 Å². The largest absolute Gasteiger partial charge is 0.494 e. The van der Waals surface area contributed by atoms with Crippen LogP contribution in [-0.2, 0) is 9.31 Å². The van der Waals surface area contributed by atoms with Gasteiger partial charge in [-0.3, -0.25) is 0 Å². The van der Waals surface area contributed by atoms with Gasteiger partial charge in [-0.1, -0.05) is 206 Å². The predicted molar refractivity (Wildman–Crippen MR) is 288 cm³/mol. The monoisotopic (exact) mass is 928 g/mol. The molecule has 8 aromatic carbocycles. The first-order valence-electron chi connectivity index (χ1n) is 23.5. The number of hydrogen-bond donors (Lipinski definition) is 0. The maximum atomic E-state index is 6.24. The van der Waals surface area contributed by atoms with E-state index < -0.39 is 7.12 Å². The van der Waals surface area contributed by atoms with Gasteiger partial charge in [0.25, 0.3) is 0 Å². The lowest BCUT2D eigenvalue weighted by atomic mass is 9.79. The predicted octanol–water partition coefficient (Wildman–Crippen LogP) is 15.2. The number of nitrogens with zero attached hydrogens (tertiary/aromatic N) is 4. The molecule has 0 spiro atoms. The summed E-state index contributed by atoms with van der Waals surface area (Å²) in [5.74, 6) is 1.36. The second kappa shape index (κ2) is 20.0. The number of aromatic nitrogens is 4. The van der Waals surface area contributed by atoms with Crippen LogP contribution in [0.1, 0.15) is 27.7 Å². The van der Waals surface area contributed by atoms with Crippen molar-refractivity contribution in [3.05, 3.63) is 236 Å². The zero-order chi connectivity index (χ0) is 48.1. The van der Waals surface area contributed by atoms with Crippen molar-refractivity contribution in [2.24, 2.45) is 0 Å². The summed E-state index contributed by atoms with van der Waals surface area (Å²) in [4.78, 5) is 19.7. The van der Waals surface area contributed by atoms with E-state index in [4.69, 9.17) is 40.8 Å². The van der Waals surface area contributed by atoms with Crippen LogP contribution < -0.4 is 5.46 Å². The van der Waals surface area contributed by atoms with Gasteiger partial charge in [0.1, 0.15) is 0 Å². The van der Waals surface area contributed by atoms with E-state index in [9.17, 15) is 0 Å². The maximum absolute atomic E-state index is 6.24. The zero-order valence-electron chi connectivity index (χ0n) is 39.5. The van der Waals surface area contributed by atoms with Gasteiger partial charge in [-0.2, -0.15) is 0 Å². The first kappa shape index (κ1) is 46.0. The average molecular weight is 929 g/mol. The van der Waals surface area contributed by atoms with Crippen molar-refractivity contribution in [2.45, 2.75) is 38.9 Å². The maximum Gasteiger partial charge on any atom is 0.494 e. The summed E-state index contributed by atoms with van der Waals surface area (Å²) in [6.07, 6.45) is 0. The molecule has 8 heteroatoms. The highest BCUT2D eigenvalue weighted by molar-refractivity contribution is 6.62. The molecule has 1 aliphatic rings. The fourth-order valence-corrected chi connectivity index (χ4v) is 8.38. The van der Waals surface area contributed by atoms with Crippen LogP contribution in [0.3, 0.4) is 0 Å². The van der Waals surface area contributed by atoms with Crippen molar-refractivity contribution in [3.63, 3.8) is 0 Å². The van der Waals surface area contributed by atoms with E-state index in [1.807, 2.05) is 103 Å². The molecule has 0 radical (unpaired) electrons. The van der Waals surface area contributed by atoms with Crippen molar-refractivity contribution in [1.82, 2.24) is 19.9 Å². The lowest BCUT2D eigenvalue weighted by Gasteiger charge is -2.32. The van der Waals surface area contributed by atoms with E-state index in [0.29, 0.717) is 16.7 Å². The average Bonchev–Trinajstić information content (AvgIpc) is 3.65. The van der Waals surface area contributed by atoms with Gasteiger partial charge in [0.15, 0.2) is 11.6 Å². The highest BCUT2D eigenvalue weighted by Gasteiger charge is 2.51. The van der Waals surface area contributed by atoms with Crippen molar-refractivity contribution < 1.29 is 9.31 Å². The van der Waals surface area contributed by atoms with E-state index in [2.05, 4.69) is 155 Å². The Kier molecular flexibility index (Phi) is 13.2. The molecular formula is C62H50BClN4O2. The molecule has 10 aromatic rings. The molecule has 1 saturated heterocycles. The van der Waals surface area contributed by atoms with Crippen molar-refractivity contribution >= 4 is 24.2 Å². The fourth-order valence-electron chi connectivity index (χ4n) is 8.26. The van der Waals surface area contributed by atoms with Crippen LogP contribution in [-0.4, -0.2) is 38.3 Å². The molecule has 0 bridgehead atoms. The first-order valence-corrected chi connectivity index (χ1v) is 23.9. The standard InChI is InChI=1S/C34H31BN2O2.C28H19ClN2/c1-33(2)34(3,4)39-35(38-33)29-21-19-28(20-22-29)32-36-30(26-13-9-6-10-14-26)23-31(37-32)27-17-15-25(16-18-27)24-11-7-5-8-12-24;29-25-17-15-24(16-18-25)28-30-26(22-9-5-2-6-10-22)19-27(31-28)23-13-11-21(12-14-23)20-7-3-1-4-8-20/h5-23H,1-4H3;1-19H. The molecule has 11 rings (SSSR count). The van der Waals surface area contributed by atoms with Gasteiger partial charge in [0.2, 0.25) is 0 Å². The normalized spacial score (nSPS) is 13.6. The molecule has 3 heterocycles.